The number of allylic oxidation sites excluding steroid dienone is 2. The zero-order chi connectivity index (χ0) is 6.57. The molecule has 0 aliphatic heterocycles. The van der Waals surface area contributed by atoms with Crippen molar-refractivity contribution in [3.05, 3.63) is 22.6 Å². The van der Waals surface area contributed by atoms with Crippen LogP contribution in [0, 0.1) is 0 Å². The van der Waals surface area contributed by atoms with Gasteiger partial charge < -0.3 is 5.73 Å². The van der Waals surface area contributed by atoms with Crippen LogP contribution in [0.4, 0.5) is 0 Å². The predicted octanol–water partition coefficient (Wildman–Crippen LogP) is 1.51. The van der Waals surface area contributed by atoms with E-state index in [0.717, 1.165) is 0 Å². The van der Waals surface area contributed by atoms with Crippen molar-refractivity contribution in [2.24, 2.45) is 5.73 Å². The Kier molecular flexibility index (Phi) is 4.05. The van der Waals surface area contributed by atoms with E-state index in [0.29, 0.717) is 16.5 Å². The molecule has 0 saturated carbocycles. The van der Waals surface area contributed by atoms with E-state index in [2.05, 4.69) is 19.2 Å². The first-order valence-corrected chi connectivity index (χ1v) is 2.95. The molecular formula is C5H8ClNS. The van der Waals surface area contributed by atoms with Gasteiger partial charge >= 0.3 is 0 Å². The van der Waals surface area contributed by atoms with E-state index < -0.39 is 0 Å². The monoisotopic (exact) mass is 149 g/mol. The maximum Gasteiger partial charge on any atom is 0.0505 e. The van der Waals surface area contributed by atoms with Gasteiger partial charge in [0, 0.05) is 11.4 Å². The van der Waals surface area contributed by atoms with Crippen LogP contribution in [0.1, 0.15) is 0 Å². The fourth-order valence-corrected chi connectivity index (χ4v) is 0.384. The Hall–Kier alpha value is 0.0800. The summed E-state index contributed by atoms with van der Waals surface area (Å²) in [4.78, 5) is 0.668. The fourth-order valence-electron chi connectivity index (χ4n) is 0.215. The number of thiol groups is 1. The molecule has 0 rings (SSSR count). The molecule has 0 aliphatic carbocycles. The number of hydrogen-bond acceptors (Lipinski definition) is 2. The van der Waals surface area contributed by atoms with Gasteiger partial charge in [0.1, 0.15) is 0 Å². The van der Waals surface area contributed by atoms with Crippen LogP contribution in [0.5, 0.6) is 0 Å². The summed E-state index contributed by atoms with van der Waals surface area (Å²) in [6, 6.07) is 0. The first-order valence-electron chi connectivity index (χ1n) is 2.12. The standard InChI is InChI=1S/C5H8ClNS/c1-2-4(6)5(8)3-7/h2,8H,1,3,7H2/b5-4+. The second kappa shape index (κ2) is 4.01. The van der Waals surface area contributed by atoms with E-state index in [1.165, 1.54) is 6.08 Å². The lowest BCUT2D eigenvalue weighted by atomic mass is 10.5. The SMILES string of the molecule is C=C/C(Cl)=C(\S)CN. The number of nitrogens with two attached hydrogens (primary N) is 1. The van der Waals surface area contributed by atoms with Gasteiger partial charge in [0.05, 0.1) is 5.03 Å². The molecule has 2 N–H and O–H groups in total. The third-order valence-corrected chi connectivity index (χ3v) is 1.59. The van der Waals surface area contributed by atoms with Crippen molar-refractivity contribution in [2.75, 3.05) is 6.54 Å². The van der Waals surface area contributed by atoms with Gasteiger partial charge in [0.15, 0.2) is 0 Å². The van der Waals surface area contributed by atoms with Crippen molar-refractivity contribution >= 4 is 24.2 Å². The average molecular weight is 150 g/mol. The van der Waals surface area contributed by atoms with Gasteiger partial charge in [-0.15, -0.1) is 12.6 Å². The number of halogens is 1. The Morgan fingerprint density at radius 2 is 2.38 bits per heavy atom. The van der Waals surface area contributed by atoms with Crippen LogP contribution in [0.2, 0.25) is 0 Å². The van der Waals surface area contributed by atoms with Gasteiger partial charge in [-0.25, -0.2) is 0 Å². The Morgan fingerprint density at radius 1 is 1.88 bits per heavy atom. The van der Waals surface area contributed by atoms with Crippen LogP contribution >= 0.6 is 24.2 Å². The molecule has 0 aromatic rings. The van der Waals surface area contributed by atoms with Gasteiger partial charge in [-0.3, -0.25) is 0 Å². The summed E-state index contributed by atoms with van der Waals surface area (Å²) in [5.41, 5.74) is 5.18. The minimum absolute atomic E-state index is 0.369. The van der Waals surface area contributed by atoms with Crippen LogP contribution in [0.25, 0.3) is 0 Å². The first-order chi connectivity index (χ1) is 3.72. The summed E-state index contributed by atoms with van der Waals surface area (Å²) in [7, 11) is 0. The summed E-state index contributed by atoms with van der Waals surface area (Å²) in [6.07, 6.45) is 1.51. The van der Waals surface area contributed by atoms with Crippen molar-refractivity contribution < 1.29 is 0 Å². The Balaban J connectivity index is 4.03. The van der Waals surface area contributed by atoms with Gasteiger partial charge in [0.2, 0.25) is 0 Å². The minimum atomic E-state index is 0.369. The van der Waals surface area contributed by atoms with Crippen LogP contribution in [0.15, 0.2) is 22.6 Å². The number of rotatable bonds is 2. The molecule has 8 heavy (non-hydrogen) atoms. The Labute approximate surface area is 59.6 Å². The average Bonchev–Trinajstić information content (AvgIpc) is 1.84. The minimum Gasteiger partial charge on any atom is -0.326 e. The summed E-state index contributed by atoms with van der Waals surface area (Å²) in [5.74, 6) is 0. The molecular weight excluding hydrogens is 142 g/mol. The highest BCUT2D eigenvalue weighted by Gasteiger charge is 1.89. The molecule has 0 heterocycles. The Morgan fingerprint density at radius 3 is 2.50 bits per heavy atom. The van der Waals surface area contributed by atoms with Crippen LogP contribution < -0.4 is 5.73 Å². The highest BCUT2D eigenvalue weighted by molar-refractivity contribution is 7.84. The summed E-state index contributed by atoms with van der Waals surface area (Å²) in [5, 5.41) is 0.524. The van der Waals surface area contributed by atoms with Gasteiger partial charge in [-0.2, -0.15) is 0 Å². The number of hydrogen-bond donors (Lipinski definition) is 2. The van der Waals surface area contributed by atoms with Gasteiger partial charge in [-0.1, -0.05) is 18.2 Å². The lowest BCUT2D eigenvalue weighted by molar-refractivity contribution is 1.23. The Bertz CT molecular complexity index is 120. The zero-order valence-corrected chi connectivity index (χ0v) is 6.04. The van der Waals surface area contributed by atoms with Crippen molar-refractivity contribution in [3.63, 3.8) is 0 Å². The molecule has 0 atom stereocenters. The summed E-state index contributed by atoms with van der Waals surface area (Å²) >= 11 is 9.48. The molecule has 0 amide bonds. The first kappa shape index (κ1) is 8.08. The molecule has 0 fully saturated rings. The molecule has 46 valence electrons. The highest BCUT2D eigenvalue weighted by atomic mass is 35.5. The third-order valence-electron chi connectivity index (χ3n) is 0.648. The highest BCUT2D eigenvalue weighted by Crippen LogP contribution is 2.11. The quantitative estimate of drug-likeness (QED) is 0.452. The molecule has 0 saturated heterocycles. The third kappa shape index (κ3) is 2.40. The van der Waals surface area contributed by atoms with Crippen molar-refractivity contribution in [1.29, 1.82) is 0 Å². The van der Waals surface area contributed by atoms with Gasteiger partial charge in [-0.05, 0) is 6.08 Å². The lowest BCUT2D eigenvalue weighted by Crippen LogP contribution is -1.98. The van der Waals surface area contributed by atoms with Crippen LogP contribution in [0.3, 0.4) is 0 Å². The van der Waals surface area contributed by atoms with Crippen LogP contribution in [-0.4, -0.2) is 6.54 Å². The summed E-state index contributed by atoms with van der Waals surface area (Å²) < 4.78 is 0. The molecule has 0 unspecified atom stereocenters. The van der Waals surface area contributed by atoms with Crippen molar-refractivity contribution in [2.45, 2.75) is 0 Å². The molecule has 1 nitrogen and oxygen atoms in total. The maximum atomic E-state index is 5.52. The van der Waals surface area contributed by atoms with Crippen LogP contribution in [-0.2, 0) is 0 Å². The van der Waals surface area contributed by atoms with Gasteiger partial charge in [0.25, 0.3) is 0 Å². The molecule has 0 aliphatic rings. The topological polar surface area (TPSA) is 26.0 Å². The van der Waals surface area contributed by atoms with E-state index in [4.69, 9.17) is 17.3 Å². The zero-order valence-electron chi connectivity index (χ0n) is 4.39. The van der Waals surface area contributed by atoms with E-state index in [-0.39, 0.29) is 0 Å². The predicted molar refractivity (Wildman–Crippen MR) is 41.1 cm³/mol. The van der Waals surface area contributed by atoms with E-state index in [1.807, 2.05) is 0 Å². The fraction of sp³-hybridized carbons (Fsp3) is 0.200. The van der Waals surface area contributed by atoms with E-state index in [9.17, 15) is 0 Å². The normalized spacial score (nSPS) is 12.9. The molecule has 0 aromatic heterocycles. The summed E-state index contributed by atoms with van der Waals surface area (Å²) in [6.45, 7) is 3.80. The van der Waals surface area contributed by atoms with E-state index in [1.54, 1.807) is 0 Å². The maximum absolute atomic E-state index is 5.52. The smallest absolute Gasteiger partial charge is 0.0505 e. The van der Waals surface area contributed by atoms with Crippen molar-refractivity contribution in [1.82, 2.24) is 0 Å². The van der Waals surface area contributed by atoms with Crippen molar-refractivity contribution in [3.8, 4) is 0 Å². The van der Waals surface area contributed by atoms with E-state index >= 15 is 0 Å². The molecule has 0 radical (unpaired) electrons. The second-order valence-electron chi connectivity index (χ2n) is 1.20. The largest absolute Gasteiger partial charge is 0.326 e. The molecule has 0 spiro atoms. The molecule has 0 bridgehead atoms. The molecule has 0 aromatic carbocycles. The lowest BCUT2D eigenvalue weighted by Gasteiger charge is -1.92. The molecule has 3 heteroatoms. The second-order valence-corrected chi connectivity index (χ2v) is 2.15.